The lowest BCUT2D eigenvalue weighted by Gasteiger charge is -2.26. The molecule has 1 heterocycles. The van der Waals surface area contributed by atoms with E-state index in [9.17, 15) is 0 Å². The largest absolute Gasteiger partial charge is 0.395 e. The van der Waals surface area contributed by atoms with Crippen LogP contribution in [-0.2, 0) is 6.54 Å². The van der Waals surface area contributed by atoms with Crippen molar-refractivity contribution >= 4 is 5.95 Å². The Morgan fingerprint density at radius 2 is 1.84 bits per heavy atom. The predicted molar refractivity (Wildman–Crippen MR) is 78.2 cm³/mol. The van der Waals surface area contributed by atoms with Crippen LogP contribution in [0.15, 0.2) is 12.4 Å². The summed E-state index contributed by atoms with van der Waals surface area (Å²) in [7, 11) is 0. The molecule has 0 unspecified atom stereocenters. The van der Waals surface area contributed by atoms with Gasteiger partial charge >= 0.3 is 0 Å². The van der Waals surface area contributed by atoms with Crippen molar-refractivity contribution in [2.75, 3.05) is 18.1 Å². The van der Waals surface area contributed by atoms with Crippen molar-refractivity contribution in [1.82, 2.24) is 15.3 Å². The first-order valence-corrected chi connectivity index (χ1v) is 6.77. The van der Waals surface area contributed by atoms with Gasteiger partial charge in [0.15, 0.2) is 0 Å². The maximum Gasteiger partial charge on any atom is 0.225 e. The summed E-state index contributed by atoms with van der Waals surface area (Å²) < 4.78 is 0. The molecule has 1 aromatic rings. The molecule has 5 heteroatoms. The van der Waals surface area contributed by atoms with Gasteiger partial charge in [-0.3, -0.25) is 0 Å². The summed E-state index contributed by atoms with van der Waals surface area (Å²) >= 11 is 0. The zero-order valence-electron chi connectivity index (χ0n) is 12.6. The van der Waals surface area contributed by atoms with E-state index in [1.807, 2.05) is 17.3 Å². The minimum absolute atomic E-state index is 0.0829. The number of anilines is 1. The summed E-state index contributed by atoms with van der Waals surface area (Å²) in [6, 6.07) is 0.269. The molecule has 0 saturated heterocycles. The van der Waals surface area contributed by atoms with E-state index in [1.165, 1.54) is 0 Å². The van der Waals surface area contributed by atoms with E-state index in [0.717, 1.165) is 12.1 Å². The summed E-state index contributed by atoms with van der Waals surface area (Å²) in [5, 5.41) is 12.5. The lowest BCUT2D eigenvalue weighted by Crippen LogP contribution is -2.36. The summed E-state index contributed by atoms with van der Waals surface area (Å²) in [5.74, 6) is 0.670. The topological polar surface area (TPSA) is 61.3 Å². The Kier molecular flexibility index (Phi) is 5.69. The Hall–Kier alpha value is -1.20. The van der Waals surface area contributed by atoms with Gasteiger partial charge in [0.25, 0.3) is 0 Å². The molecular weight excluding hydrogens is 240 g/mol. The van der Waals surface area contributed by atoms with Crippen LogP contribution in [0.1, 0.15) is 40.2 Å². The smallest absolute Gasteiger partial charge is 0.225 e. The molecule has 0 spiro atoms. The van der Waals surface area contributed by atoms with Gasteiger partial charge in [0.1, 0.15) is 0 Å². The second-order valence-electron chi connectivity index (χ2n) is 6.01. The normalized spacial score (nSPS) is 11.9. The van der Waals surface area contributed by atoms with Crippen molar-refractivity contribution in [3.63, 3.8) is 0 Å². The highest BCUT2D eigenvalue weighted by Crippen LogP contribution is 2.11. The molecule has 0 atom stereocenters. The molecule has 0 radical (unpaired) electrons. The highest BCUT2D eigenvalue weighted by Gasteiger charge is 2.13. The third-order valence-corrected chi connectivity index (χ3v) is 2.74. The Morgan fingerprint density at radius 1 is 1.26 bits per heavy atom. The van der Waals surface area contributed by atoms with Gasteiger partial charge in [-0.2, -0.15) is 0 Å². The number of aliphatic hydroxyl groups is 1. The van der Waals surface area contributed by atoms with Crippen molar-refractivity contribution in [1.29, 1.82) is 0 Å². The van der Waals surface area contributed by atoms with E-state index >= 15 is 0 Å². The Bertz CT molecular complexity index is 370. The predicted octanol–water partition coefficient (Wildman–Crippen LogP) is 1.57. The summed E-state index contributed by atoms with van der Waals surface area (Å²) in [5.41, 5.74) is 1.14. The van der Waals surface area contributed by atoms with Crippen molar-refractivity contribution < 1.29 is 5.11 Å². The second-order valence-corrected chi connectivity index (χ2v) is 6.01. The molecule has 0 aliphatic rings. The number of aliphatic hydroxyl groups excluding tert-OH is 1. The number of hydrogen-bond donors (Lipinski definition) is 2. The van der Waals surface area contributed by atoms with E-state index in [1.54, 1.807) is 0 Å². The molecule has 108 valence electrons. The minimum atomic E-state index is 0.0829. The van der Waals surface area contributed by atoms with Crippen LogP contribution in [0, 0.1) is 0 Å². The second kappa shape index (κ2) is 6.82. The molecular formula is C14H26N4O. The van der Waals surface area contributed by atoms with E-state index in [4.69, 9.17) is 5.11 Å². The molecule has 0 fully saturated rings. The van der Waals surface area contributed by atoms with Gasteiger partial charge in [0.2, 0.25) is 5.95 Å². The third kappa shape index (κ3) is 5.53. The Labute approximate surface area is 116 Å². The van der Waals surface area contributed by atoms with Gasteiger partial charge in [-0.1, -0.05) is 0 Å². The number of hydrogen-bond acceptors (Lipinski definition) is 5. The first kappa shape index (κ1) is 15.9. The van der Waals surface area contributed by atoms with Crippen LogP contribution in [0.2, 0.25) is 0 Å². The lowest BCUT2D eigenvalue weighted by atomic mass is 10.1. The van der Waals surface area contributed by atoms with Crippen LogP contribution in [0.3, 0.4) is 0 Å². The summed E-state index contributed by atoms with van der Waals surface area (Å²) in [4.78, 5) is 10.8. The van der Waals surface area contributed by atoms with Crippen LogP contribution in [0.5, 0.6) is 0 Å². The molecule has 0 amide bonds. The van der Waals surface area contributed by atoms with Crippen LogP contribution >= 0.6 is 0 Å². The highest BCUT2D eigenvalue weighted by atomic mass is 16.3. The van der Waals surface area contributed by atoms with Gasteiger partial charge < -0.3 is 15.3 Å². The first-order chi connectivity index (χ1) is 8.83. The van der Waals surface area contributed by atoms with E-state index in [-0.39, 0.29) is 18.2 Å². The standard InChI is InChI=1S/C14H26N4O/c1-11(2)18(6-7-19)13-15-8-12(9-16-13)10-17-14(3,4)5/h8-9,11,17,19H,6-7,10H2,1-5H3. The van der Waals surface area contributed by atoms with Crippen LogP contribution in [0.4, 0.5) is 5.95 Å². The average Bonchev–Trinajstić information content (AvgIpc) is 2.33. The lowest BCUT2D eigenvalue weighted by molar-refractivity contribution is 0.298. The fourth-order valence-corrected chi connectivity index (χ4v) is 1.65. The minimum Gasteiger partial charge on any atom is -0.395 e. The zero-order valence-corrected chi connectivity index (χ0v) is 12.6. The van der Waals surface area contributed by atoms with Crippen molar-refractivity contribution in [3.05, 3.63) is 18.0 Å². The van der Waals surface area contributed by atoms with Crippen LogP contribution in [0.25, 0.3) is 0 Å². The molecule has 2 N–H and O–H groups in total. The molecule has 19 heavy (non-hydrogen) atoms. The first-order valence-electron chi connectivity index (χ1n) is 6.77. The molecule has 0 aromatic carbocycles. The fourth-order valence-electron chi connectivity index (χ4n) is 1.65. The number of rotatable bonds is 6. The number of nitrogens with one attached hydrogen (secondary N) is 1. The zero-order chi connectivity index (χ0) is 14.5. The number of nitrogens with zero attached hydrogens (tertiary/aromatic N) is 3. The molecule has 0 bridgehead atoms. The molecule has 0 aliphatic carbocycles. The van der Waals surface area contributed by atoms with Crippen LogP contribution < -0.4 is 10.2 Å². The van der Waals surface area contributed by atoms with Gasteiger partial charge in [-0.05, 0) is 34.6 Å². The maximum atomic E-state index is 9.07. The Morgan fingerprint density at radius 3 is 2.26 bits per heavy atom. The molecule has 0 saturated carbocycles. The molecule has 5 nitrogen and oxygen atoms in total. The number of aromatic nitrogens is 2. The van der Waals surface area contributed by atoms with Gasteiger partial charge in [-0.25, -0.2) is 9.97 Å². The molecule has 1 rings (SSSR count). The highest BCUT2D eigenvalue weighted by molar-refractivity contribution is 5.31. The van der Waals surface area contributed by atoms with E-state index in [2.05, 4.69) is 49.9 Å². The van der Waals surface area contributed by atoms with Crippen molar-refractivity contribution in [2.24, 2.45) is 0 Å². The van der Waals surface area contributed by atoms with Gasteiger partial charge in [0.05, 0.1) is 6.61 Å². The summed E-state index contributed by atoms with van der Waals surface area (Å²) in [6.45, 7) is 11.9. The summed E-state index contributed by atoms with van der Waals surface area (Å²) in [6.07, 6.45) is 3.68. The Balaban J connectivity index is 2.69. The van der Waals surface area contributed by atoms with Crippen molar-refractivity contribution in [2.45, 2.75) is 52.7 Å². The van der Waals surface area contributed by atoms with E-state index in [0.29, 0.717) is 12.5 Å². The monoisotopic (exact) mass is 266 g/mol. The van der Waals surface area contributed by atoms with Crippen LogP contribution in [-0.4, -0.2) is 39.8 Å². The molecule has 1 aromatic heterocycles. The van der Waals surface area contributed by atoms with Gasteiger partial charge in [0, 0.05) is 42.6 Å². The average molecular weight is 266 g/mol. The maximum absolute atomic E-state index is 9.07. The SMILES string of the molecule is CC(C)N(CCO)c1ncc(CNC(C)(C)C)cn1. The quantitative estimate of drug-likeness (QED) is 0.818. The third-order valence-electron chi connectivity index (χ3n) is 2.74. The van der Waals surface area contributed by atoms with Gasteiger partial charge in [-0.15, -0.1) is 0 Å². The molecule has 0 aliphatic heterocycles. The van der Waals surface area contributed by atoms with Crippen molar-refractivity contribution in [3.8, 4) is 0 Å². The van der Waals surface area contributed by atoms with E-state index < -0.39 is 0 Å². The fraction of sp³-hybridized carbons (Fsp3) is 0.714.